The first kappa shape index (κ1) is 12.2. The van der Waals surface area contributed by atoms with Gasteiger partial charge in [0.1, 0.15) is 0 Å². The summed E-state index contributed by atoms with van der Waals surface area (Å²) in [4.78, 5) is 14.6. The van der Waals surface area contributed by atoms with Crippen molar-refractivity contribution < 1.29 is 9.53 Å². The van der Waals surface area contributed by atoms with Gasteiger partial charge in [0.05, 0.1) is 19.2 Å². The number of anilines is 1. The van der Waals surface area contributed by atoms with Crippen LogP contribution in [0.25, 0.3) is 0 Å². The van der Waals surface area contributed by atoms with Crippen LogP contribution in [0.5, 0.6) is 0 Å². The van der Waals surface area contributed by atoms with Crippen molar-refractivity contribution in [3.63, 3.8) is 0 Å². The number of benzene rings is 1. The normalized spacial score (nSPS) is 10.1. The second-order valence-electron chi connectivity index (χ2n) is 4.07. The van der Waals surface area contributed by atoms with E-state index >= 15 is 0 Å². The number of aryl methyl sites for hydroxylation is 1. The predicted octanol–water partition coefficient (Wildman–Crippen LogP) is 2.72. The number of H-pyrrole nitrogens is 1. The Morgan fingerprint density at radius 2 is 2.22 bits per heavy atom. The van der Waals surface area contributed by atoms with Crippen LogP contribution in [-0.4, -0.2) is 18.1 Å². The molecule has 0 aliphatic carbocycles. The van der Waals surface area contributed by atoms with E-state index in [2.05, 4.69) is 10.3 Å². The molecule has 4 heteroatoms. The molecule has 0 aliphatic rings. The summed E-state index contributed by atoms with van der Waals surface area (Å²) in [5, 5.41) is 3.30. The molecule has 0 amide bonds. The lowest BCUT2D eigenvalue weighted by molar-refractivity contribution is 0.0601. The van der Waals surface area contributed by atoms with Crippen molar-refractivity contribution in [1.82, 2.24) is 4.98 Å². The van der Waals surface area contributed by atoms with Gasteiger partial charge in [-0.25, -0.2) is 4.79 Å². The summed E-state index contributed by atoms with van der Waals surface area (Å²) < 4.78 is 4.71. The highest BCUT2D eigenvalue weighted by atomic mass is 16.5. The van der Waals surface area contributed by atoms with Crippen molar-refractivity contribution in [2.45, 2.75) is 13.5 Å². The number of hydrogen-bond acceptors (Lipinski definition) is 3. The molecule has 1 heterocycles. The molecule has 1 aromatic carbocycles. The van der Waals surface area contributed by atoms with E-state index in [4.69, 9.17) is 4.74 Å². The number of methoxy groups -OCH3 is 1. The third-order valence-corrected chi connectivity index (χ3v) is 2.79. The van der Waals surface area contributed by atoms with E-state index < -0.39 is 0 Å². The second kappa shape index (κ2) is 5.40. The van der Waals surface area contributed by atoms with Crippen molar-refractivity contribution in [2.75, 3.05) is 12.4 Å². The average molecular weight is 244 g/mol. The highest BCUT2D eigenvalue weighted by Crippen LogP contribution is 2.18. The van der Waals surface area contributed by atoms with Crippen molar-refractivity contribution >= 4 is 11.7 Å². The molecule has 0 spiro atoms. The average Bonchev–Trinajstić information content (AvgIpc) is 2.90. The lowest BCUT2D eigenvalue weighted by Crippen LogP contribution is -2.05. The Morgan fingerprint density at radius 3 is 2.89 bits per heavy atom. The van der Waals surface area contributed by atoms with Crippen LogP contribution in [-0.2, 0) is 11.3 Å². The summed E-state index contributed by atoms with van der Waals surface area (Å²) in [5.41, 5.74) is 3.68. The first-order chi connectivity index (χ1) is 8.70. The van der Waals surface area contributed by atoms with Crippen LogP contribution in [0.1, 0.15) is 21.6 Å². The van der Waals surface area contributed by atoms with Crippen molar-refractivity contribution in [2.24, 2.45) is 0 Å². The summed E-state index contributed by atoms with van der Waals surface area (Å²) in [6.07, 6.45) is 1.88. The Morgan fingerprint density at radius 1 is 1.39 bits per heavy atom. The van der Waals surface area contributed by atoms with Crippen LogP contribution < -0.4 is 5.32 Å². The van der Waals surface area contributed by atoms with Crippen molar-refractivity contribution in [3.8, 4) is 0 Å². The van der Waals surface area contributed by atoms with Gasteiger partial charge >= 0.3 is 5.97 Å². The molecule has 94 valence electrons. The fraction of sp³-hybridized carbons (Fsp3) is 0.214. The van der Waals surface area contributed by atoms with E-state index in [1.807, 2.05) is 37.4 Å². The monoisotopic (exact) mass is 244 g/mol. The molecule has 0 unspecified atom stereocenters. The molecule has 0 radical (unpaired) electrons. The molecule has 2 N–H and O–H groups in total. The van der Waals surface area contributed by atoms with E-state index in [1.165, 1.54) is 7.11 Å². The van der Waals surface area contributed by atoms with Gasteiger partial charge in [-0.1, -0.05) is 6.07 Å². The molecule has 1 aromatic heterocycles. The summed E-state index contributed by atoms with van der Waals surface area (Å²) >= 11 is 0. The Hall–Kier alpha value is -2.23. The molecule has 0 saturated carbocycles. The number of aromatic amines is 1. The minimum absolute atomic E-state index is 0.321. The topological polar surface area (TPSA) is 54.1 Å². The van der Waals surface area contributed by atoms with E-state index in [1.54, 1.807) is 6.07 Å². The van der Waals surface area contributed by atoms with Gasteiger partial charge in [-0.15, -0.1) is 0 Å². The number of carbonyl (C=O) groups excluding carboxylic acids is 1. The van der Waals surface area contributed by atoms with Crippen LogP contribution in [0.4, 0.5) is 5.69 Å². The third kappa shape index (κ3) is 2.71. The molecule has 0 fully saturated rings. The van der Waals surface area contributed by atoms with Gasteiger partial charge in [0.2, 0.25) is 0 Å². The minimum atomic E-state index is -0.321. The lowest BCUT2D eigenvalue weighted by atomic mass is 10.1. The molecule has 4 nitrogen and oxygen atoms in total. The summed E-state index contributed by atoms with van der Waals surface area (Å²) in [6, 6.07) is 9.44. The molecule has 0 bridgehead atoms. The van der Waals surface area contributed by atoms with Crippen molar-refractivity contribution in [1.29, 1.82) is 0 Å². The summed E-state index contributed by atoms with van der Waals surface area (Å²) in [5.74, 6) is -0.321. The Labute approximate surface area is 106 Å². The molecule has 0 aliphatic heterocycles. The Bertz CT molecular complexity index is 533. The first-order valence-corrected chi connectivity index (χ1v) is 5.76. The van der Waals surface area contributed by atoms with Gasteiger partial charge in [-0.05, 0) is 36.8 Å². The molecule has 2 rings (SSSR count). The van der Waals surface area contributed by atoms with Gasteiger partial charge in [-0.2, -0.15) is 0 Å². The smallest absolute Gasteiger partial charge is 0.337 e. The number of carbonyl (C=O) groups is 1. The van der Waals surface area contributed by atoms with Crippen LogP contribution >= 0.6 is 0 Å². The fourth-order valence-corrected chi connectivity index (χ4v) is 1.73. The molecule has 0 saturated heterocycles. The van der Waals surface area contributed by atoms with Gasteiger partial charge in [0.15, 0.2) is 0 Å². The molecule has 2 aromatic rings. The van der Waals surface area contributed by atoms with Gasteiger partial charge in [0, 0.05) is 17.6 Å². The van der Waals surface area contributed by atoms with Gasteiger partial charge in [0.25, 0.3) is 0 Å². The summed E-state index contributed by atoms with van der Waals surface area (Å²) in [6.45, 7) is 2.69. The number of ether oxygens (including phenoxy) is 1. The lowest BCUT2D eigenvalue weighted by Gasteiger charge is -2.10. The quantitative estimate of drug-likeness (QED) is 0.813. The zero-order valence-corrected chi connectivity index (χ0v) is 10.5. The number of aromatic nitrogens is 1. The van der Waals surface area contributed by atoms with Crippen LogP contribution in [0.3, 0.4) is 0 Å². The molecule has 0 atom stereocenters. The van der Waals surface area contributed by atoms with E-state index in [-0.39, 0.29) is 5.97 Å². The minimum Gasteiger partial charge on any atom is -0.465 e. The van der Waals surface area contributed by atoms with E-state index in [0.29, 0.717) is 12.1 Å². The van der Waals surface area contributed by atoms with Gasteiger partial charge < -0.3 is 15.0 Å². The fourth-order valence-electron chi connectivity index (χ4n) is 1.73. The first-order valence-electron chi connectivity index (χ1n) is 5.76. The maximum Gasteiger partial charge on any atom is 0.337 e. The SMILES string of the molecule is COC(=O)c1ccc(C)c(NCc2ccc[nH]2)c1. The third-order valence-electron chi connectivity index (χ3n) is 2.79. The largest absolute Gasteiger partial charge is 0.465 e. The maximum atomic E-state index is 11.5. The zero-order valence-electron chi connectivity index (χ0n) is 10.5. The number of esters is 1. The molecular weight excluding hydrogens is 228 g/mol. The van der Waals surface area contributed by atoms with Crippen LogP contribution in [0.15, 0.2) is 36.5 Å². The maximum absolute atomic E-state index is 11.5. The standard InChI is InChI=1S/C14H16N2O2/c1-10-5-6-11(14(17)18-2)8-13(10)16-9-12-4-3-7-15-12/h3-8,15-16H,9H2,1-2H3. The van der Waals surface area contributed by atoms with E-state index in [0.717, 1.165) is 16.9 Å². The zero-order chi connectivity index (χ0) is 13.0. The van der Waals surface area contributed by atoms with Gasteiger partial charge in [-0.3, -0.25) is 0 Å². The highest BCUT2D eigenvalue weighted by Gasteiger charge is 2.07. The number of nitrogens with one attached hydrogen (secondary N) is 2. The number of hydrogen-bond donors (Lipinski definition) is 2. The molecule has 18 heavy (non-hydrogen) atoms. The highest BCUT2D eigenvalue weighted by molar-refractivity contribution is 5.90. The Kier molecular flexibility index (Phi) is 3.67. The second-order valence-corrected chi connectivity index (χ2v) is 4.07. The molecular formula is C14H16N2O2. The predicted molar refractivity (Wildman–Crippen MR) is 70.6 cm³/mol. The van der Waals surface area contributed by atoms with Crippen LogP contribution in [0, 0.1) is 6.92 Å². The number of rotatable bonds is 4. The van der Waals surface area contributed by atoms with Crippen LogP contribution in [0.2, 0.25) is 0 Å². The summed E-state index contributed by atoms with van der Waals surface area (Å²) in [7, 11) is 1.38. The van der Waals surface area contributed by atoms with Crippen molar-refractivity contribution in [3.05, 3.63) is 53.3 Å². The Balaban J connectivity index is 2.13. The van der Waals surface area contributed by atoms with E-state index in [9.17, 15) is 4.79 Å².